The van der Waals surface area contributed by atoms with Crippen molar-refractivity contribution in [2.75, 3.05) is 13.1 Å². The molecule has 2 fully saturated rings. The van der Waals surface area contributed by atoms with E-state index in [1.54, 1.807) is 0 Å². The summed E-state index contributed by atoms with van der Waals surface area (Å²) in [6.07, 6.45) is 4.05. The van der Waals surface area contributed by atoms with Crippen molar-refractivity contribution < 1.29 is 9.59 Å². The minimum Gasteiger partial charge on any atom is -0.356 e. The van der Waals surface area contributed by atoms with Crippen molar-refractivity contribution in [1.29, 1.82) is 0 Å². The third kappa shape index (κ3) is 1.89. The van der Waals surface area contributed by atoms with Gasteiger partial charge in [-0.2, -0.15) is 0 Å². The van der Waals surface area contributed by atoms with Gasteiger partial charge in [-0.05, 0) is 19.3 Å². The van der Waals surface area contributed by atoms with Crippen LogP contribution in [0.4, 0.5) is 0 Å². The molecule has 2 rings (SSSR count). The van der Waals surface area contributed by atoms with Crippen LogP contribution in [0, 0.1) is 11.8 Å². The van der Waals surface area contributed by atoms with Crippen LogP contribution in [0.5, 0.6) is 0 Å². The SMILES string of the molecule is O=C(NCC1CCNC1=O)C1CCC1. The maximum Gasteiger partial charge on any atom is 0.224 e. The van der Waals surface area contributed by atoms with Crippen LogP contribution in [-0.2, 0) is 9.59 Å². The number of nitrogens with one attached hydrogen (secondary N) is 2. The molecule has 0 aromatic rings. The zero-order valence-electron chi connectivity index (χ0n) is 8.21. The molecule has 0 spiro atoms. The van der Waals surface area contributed by atoms with Crippen LogP contribution < -0.4 is 10.6 Å². The zero-order valence-corrected chi connectivity index (χ0v) is 8.21. The Balaban J connectivity index is 1.70. The summed E-state index contributed by atoms with van der Waals surface area (Å²) in [4.78, 5) is 22.6. The fourth-order valence-electron chi connectivity index (χ4n) is 1.88. The highest BCUT2D eigenvalue weighted by molar-refractivity contribution is 5.83. The van der Waals surface area contributed by atoms with Gasteiger partial charge in [0.05, 0.1) is 5.92 Å². The summed E-state index contributed by atoms with van der Waals surface area (Å²) < 4.78 is 0. The van der Waals surface area contributed by atoms with Gasteiger partial charge in [0.1, 0.15) is 0 Å². The summed E-state index contributed by atoms with van der Waals surface area (Å²) in [6, 6.07) is 0. The predicted molar refractivity (Wildman–Crippen MR) is 51.5 cm³/mol. The number of hydrogen-bond donors (Lipinski definition) is 2. The van der Waals surface area contributed by atoms with Gasteiger partial charge < -0.3 is 10.6 Å². The highest BCUT2D eigenvalue weighted by Gasteiger charge is 2.28. The number of carbonyl (C=O) groups is 2. The van der Waals surface area contributed by atoms with Crippen LogP contribution >= 0.6 is 0 Å². The van der Waals surface area contributed by atoms with Crippen molar-refractivity contribution in [2.45, 2.75) is 25.7 Å². The van der Waals surface area contributed by atoms with Gasteiger partial charge >= 0.3 is 0 Å². The Morgan fingerprint density at radius 3 is 2.71 bits per heavy atom. The Kier molecular flexibility index (Phi) is 2.70. The van der Waals surface area contributed by atoms with Crippen molar-refractivity contribution in [3.05, 3.63) is 0 Å². The summed E-state index contributed by atoms with van der Waals surface area (Å²) in [5.74, 6) is 0.438. The van der Waals surface area contributed by atoms with Gasteiger partial charge in [0, 0.05) is 19.0 Å². The molecule has 0 radical (unpaired) electrons. The Morgan fingerprint density at radius 2 is 2.21 bits per heavy atom. The third-order valence-electron chi connectivity index (χ3n) is 3.16. The molecule has 2 N–H and O–H groups in total. The summed E-state index contributed by atoms with van der Waals surface area (Å²) in [5, 5.41) is 5.62. The van der Waals surface area contributed by atoms with E-state index in [9.17, 15) is 9.59 Å². The molecule has 0 bridgehead atoms. The van der Waals surface area contributed by atoms with Gasteiger partial charge in [-0.25, -0.2) is 0 Å². The van der Waals surface area contributed by atoms with Crippen molar-refractivity contribution in [3.8, 4) is 0 Å². The second kappa shape index (κ2) is 3.98. The maximum atomic E-state index is 11.4. The first kappa shape index (κ1) is 9.49. The number of amides is 2. The van der Waals surface area contributed by atoms with E-state index >= 15 is 0 Å². The molecule has 2 amide bonds. The predicted octanol–water partition coefficient (Wildman–Crippen LogP) is 0.0388. The summed E-state index contributed by atoms with van der Waals surface area (Å²) in [7, 11) is 0. The van der Waals surface area contributed by atoms with E-state index in [1.165, 1.54) is 6.42 Å². The van der Waals surface area contributed by atoms with E-state index in [2.05, 4.69) is 10.6 Å². The molecule has 0 aromatic heterocycles. The lowest BCUT2D eigenvalue weighted by Gasteiger charge is -2.24. The van der Waals surface area contributed by atoms with E-state index in [1.807, 2.05) is 0 Å². The fourth-order valence-corrected chi connectivity index (χ4v) is 1.88. The summed E-state index contributed by atoms with van der Waals surface area (Å²) >= 11 is 0. The molecule has 1 saturated carbocycles. The van der Waals surface area contributed by atoms with Crippen LogP contribution in [0.2, 0.25) is 0 Å². The molecule has 1 aliphatic heterocycles. The van der Waals surface area contributed by atoms with Crippen LogP contribution in [-0.4, -0.2) is 24.9 Å². The van der Waals surface area contributed by atoms with E-state index in [0.717, 1.165) is 25.8 Å². The fraction of sp³-hybridized carbons (Fsp3) is 0.800. The molecule has 1 saturated heterocycles. The second-order valence-electron chi connectivity index (χ2n) is 4.15. The first-order chi connectivity index (χ1) is 6.77. The molecule has 2 aliphatic rings. The van der Waals surface area contributed by atoms with Crippen LogP contribution in [0.25, 0.3) is 0 Å². The lowest BCUT2D eigenvalue weighted by molar-refractivity contribution is -0.128. The molecule has 78 valence electrons. The van der Waals surface area contributed by atoms with Crippen molar-refractivity contribution in [1.82, 2.24) is 10.6 Å². The Labute approximate surface area is 83.4 Å². The quantitative estimate of drug-likeness (QED) is 0.669. The van der Waals surface area contributed by atoms with E-state index in [-0.39, 0.29) is 23.7 Å². The second-order valence-corrected chi connectivity index (χ2v) is 4.15. The number of hydrogen-bond acceptors (Lipinski definition) is 2. The zero-order chi connectivity index (χ0) is 9.97. The van der Waals surface area contributed by atoms with Gasteiger partial charge in [0.25, 0.3) is 0 Å². The monoisotopic (exact) mass is 196 g/mol. The molecule has 1 unspecified atom stereocenters. The topological polar surface area (TPSA) is 58.2 Å². The lowest BCUT2D eigenvalue weighted by Crippen LogP contribution is -2.38. The van der Waals surface area contributed by atoms with Crippen LogP contribution in [0.3, 0.4) is 0 Å². The van der Waals surface area contributed by atoms with Crippen molar-refractivity contribution in [3.63, 3.8) is 0 Å². The van der Waals surface area contributed by atoms with Gasteiger partial charge in [-0.3, -0.25) is 9.59 Å². The molecule has 14 heavy (non-hydrogen) atoms. The normalized spacial score (nSPS) is 26.9. The van der Waals surface area contributed by atoms with Crippen LogP contribution in [0.15, 0.2) is 0 Å². The highest BCUT2D eigenvalue weighted by Crippen LogP contribution is 2.26. The summed E-state index contributed by atoms with van der Waals surface area (Å²) in [5.41, 5.74) is 0. The molecule has 1 aliphatic carbocycles. The Hall–Kier alpha value is -1.06. The Morgan fingerprint density at radius 1 is 1.43 bits per heavy atom. The van der Waals surface area contributed by atoms with Gasteiger partial charge in [0.2, 0.25) is 11.8 Å². The van der Waals surface area contributed by atoms with Crippen molar-refractivity contribution >= 4 is 11.8 Å². The number of rotatable bonds is 3. The van der Waals surface area contributed by atoms with Crippen molar-refractivity contribution in [2.24, 2.45) is 11.8 Å². The Bertz CT molecular complexity index is 249. The minimum absolute atomic E-state index is 0.000901. The first-order valence-corrected chi connectivity index (χ1v) is 5.33. The molecular formula is C10H16N2O2. The average Bonchev–Trinajstić information content (AvgIpc) is 2.44. The molecular weight excluding hydrogens is 180 g/mol. The average molecular weight is 196 g/mol. The van der Waals surface area contributed by atoms with E-state index < -0.39 is 0 Å². The maximum absolute atomic E-state index is 11.4. The largest absolute Gasteiger partial charge is 0.356 e. The minimum atomic E-state index is -0.000901. The highest BCUT2D eigenvalue weighted by atomic mass is 16.2. The van der Waals surface area contributed by atoms with Crippen LogP contribution in [0.1, 0.15) is 25.7 Å². The third-order valence-corrected chi connectivity index (χ3v) is 3.16. The van der Waals surface area contributed by atoms with E-state index in [4.69, 9.17) is 0 Å². The molecule has 1 atom stereocenters. The molecule has 1 heterocycles. The first-order valence-electron chi connectivity index (χ1n) is 5.33. The lowest BCUT2D eigenvalue weighted by atomic mass is 9.85. The smallest absolute Gasteiger partial charge is 0.224 e. The van der Waals surface area contributed by atoms with Gasteiger partial charge in [0.15, 0.2) is 0 Å². The number of carbonyl (C=O) groups excluding carboxylic acids is 2. The molecule has 0 aromatic carbocycles. The standard InChI is InChI=1S/C10H16N2O2/c13-9(7-2-1-3-7)12-6-8-4-5-11-10(8)14/h7-8H,1-6H2,(H,11,14)(H,12,13). The molecule has 4 heteroatoms. The van der Waals surface area contributed by atoms with Gasteiger partial charge in [-0.15, -0.1) is 0 Å². The summed E-state index contributed by atoms with van der Waals surface area (Å²) in [6.45, 7) is 1.27. The molecule has 4 nitrogen and oxygen atoms in total. The van der Waals surface area contributed by atoms with Gasteiger partial charge in [-0.1, -0.05) is 6.42 Å². The van der Waals surface area contributed by atoms with E-state index in [0.29, 0.717) is 6.54 Å².